The van der Waals surface area contributed by atoms with Crippen LogP contribution in [-0.4, -0.2) is 43.4 Å². The molecule has 0 fully saturated rings. The predicted molar refractivity (Wildman–Crippen MR) is 180 cm³/mol. The lowest BCUT2D eigenvalue weighted by atomic mass is 9.95. The Hall–Kier alpha value is -4.75. The number of fused-ring (bicyclic) bond motifs is 1. The molecule has 2 heterocycles. The largest absolute Gasteiger partial charge is 0.490 e. The number of ether oxygens (including phenoxy) is 5. The number of hydrogen-bond acceptors (Lipinski definition) is 10. The van der Waals surface area contributed by atoms with Gasteiger partial charge >= 0.3 is 11.9 Å². The number of benzene rings is 3. The Balaban J connectivity index is 1.61. The Morgan fingerprint density at radius 3 is 2.44 bits per heavy atom. The van der Waals surface area contributed by atoms with Gasteiger partial charge in [-0.3, -0.25) is 9.36 Å². The fraction of sp³-hybridized carbons (Fsp3) is 0.257. The molecule has 0 amide bonds. The van der Waals surface area contributed by atoms with Crippen molar-refractivity contribution in [2.24, 2.45) is 4.99 Å². The van der Waals surface area contributed by atoms with Gasteiger partial charge in [-0.05, 0) is 80.4 Å². The molecular weight excluding hydrogens is 707 g/mol. The second-order valence-corrected chi connectivity index (χ2v) is 12.3. The summed E-state index contributed by atoms with van der Waals surface area (Å²) in [6.07, 6.45) is 1.71. The van der Waals surface area contributed by atoms with Crippen LogP contribution in [0.4, 0.5) is 4.39 Å². The first-order valence-corrected chi connectivity index (χ1v) is 16.6. The van der Waals surface area contributed by atoms with Crippen molar-refractivity contribution in [1.29, 1.82) is 0 Å². The first-order chi connectivity index (χ1) is 23.1. The Bertz CT molecular complexity index is 2060. The van der Waals surface area contributed by atoms with E-state index in [4.69, 9.17) is 18.9 Å². The lowest BCUT2D eigenvalue weighted by Gasteiger charge is -2.25. The third-order valence-electron chi connectivity index (χ3n) is 7.24. The van der Waals surface area contributed by atoms with Crippen LogP contribution in [0.15, 0.2) is 86.2 Å². The van der Waals surface area contributed by atoms with Crippen molar-refractivity contribution in [3.05, 3.63) is 119 Å². The molecule has 1 aliphatic heterocycles. The number of rotatable bonds is 12. The van der Waals surface area contributed by atoms with Gasteiger partial charge in [-0.1, -0.05) is 45.5 Å². The summed E-state index contributed by atoms with van der Waals surface area (Å²) in [6, 6.07) is 15.5. The average molecular weight is 740 g/mol. The number of allylic oxidation sites excluding steroid dienone is 1. The van der Waals surface area contributed by atoms with Crippen LogP contribution in [0.1, 0.15) is 43.5 Å². The maximum Gasteiger partial charge on any atom is 0.343 e. The number of carbonyl (C=O) groups is 2. The average Bonchev–Trinajstić information content (AvgIpc) is 3.37. The summed E-state index contributed by atoms with van der Waals surface area (Å²) in [6.45, 7) is 5.47. The Morgan fingerprint density at radius 2 is 1.73 bits per heavy atom. The van der Waals surface area contributed by atoms with E-state index >= 15 is 0 Å². The standard InChI is InChI=1S/C35H32BrFN2O8S/c1-5-44-28-16-22(9-13-27(28)47-19-30(40)43-4)32-31(34(42)45-6-2)20(3)38-35-39(32)33(41)29(48-35)17-23-15-24(36)10-14-26(23)46-18-21-7-11-25(37)12-8-21/h7-17,32H,5-6,18-19H2,1-4H3/b29-17-/t32-/m0/s1. The number of aromatic nitrogens is 1. The van der Waals surface area contributed by atoms with Crippen molar-refractivity contribution in [1.82, 2.24) is 4.57 Å². The number of halogens is 2. The van der Waals surface area contributed by atoms with Gasteiger partial charge < -0.3 is 23.7 Å². The zero-order valence-electron chi connectivity index (χ0n) is 26.6. The Labute approximate surface area is 287 Å². The summed E-state index contributed by atoms with van der Waals surface area (Å²) in [7, 11) is 1.26. The molecule has 0 bridgehead atoms. The zero-order chi connectivity index (χ0) is 34.4. The summed E-state index contributed by atoms with van der Waals surface area (Å²) in [4.78, 5) is 44.4. The van der Waals surface area contributed by atoms with Crippen LogP contribution in [0, 0.1) is 5.82 Å². The molecule has 0 unspecified atom stereocenters. The van der Waals surface area contributed by atoms with E-state index in [2.05, 4.69) is 25.7 Å². The summed E-state index contributed by atoms with van der Waals surface area (Å²) in [5.41, 5.74) is 2.17. The summed E-state index contributed by atoms with van der Waals surface area (Å²) < 4.78 is 43.6. The monoisotopic (exact) mass is 738 g/mol. The minimum atomic E-state index is -0.909. The smallest absolute Gasteiger partial charge is 0.343 e. The van der Waals surface area contributed by atoms with Crippen molar-refractivity contribution in [2.75, 3.05) is 26.9 Å². The van der Waals surface area contributed by atoms with Gasteiger partial charge in [-0.15, -0.1) is 0 Å². The van der Waals surface area contributed by atoms with Crippen LogP contribution in [0.3, 0.4) is 0 Å². The highest BCUT2D eigenvalue weighted by Crippen LogP contribution is 2.36. The highest BCUT2D eigenvalue weighted by molar-refractivity contribution is 9.10. The topological polar surface area (TPSA) is 115 Å². The lowest BCUT2D eigenvalue weighted by Crippen LogP contribution is -2.40. The van der Waals surface area contributed by atoms with Crippen molar-refractivity contribution >= 4 is 45.3 Å². The first kappa shape index (κ1) is 34.6. The number of nitrogens with zero attached hydrogens (tertiary/aromatic N) is 2. The first-order valence-electron chi connectivity index (χ1n) is 15.0. The molecule has 1 aromatic heterocycles. The molecule has 250 valence electrons. The van der Waals surface area contributed by atoms with E-state index in [9.17, 15) is 18.8 Å². The molecule has 4 aromatic rings. The molecule has 0 saturated heterocycles. The molecule has 5 rings (SSSR count). The van der Waals surface area contributed by atoms with Gasteiger partial charge in [0, 0.05) is 10.0 Å². The van der Waals surface area contributed by atoms with Crippen LogP contribution >= 0.6 is 27.3 Å². The lowest BCUT2D eigenvalue weighted by molar-refractivity contribution is -0.143. The maximum atomic E-state index is 14.2. The van der Waals surface area contributed by atoms with Crippen LogP contribution in [0.5, 0.6) is 17.2 Å². The fourth-order valence-electron chi connectivity index (χ4n) is 5.03. The second kappa shape index (κ2) is 15.4. The van der Waals surface area contributed by atoms with Gasteiger partial charge in [0.15, 0.2) is 22.9 Å². The van der Waals surface area contributed by atoms with E-state index in [-0.39, 0.29) is 36.8 Å². The second-order valence-electron chi connectivity index (χ2n) is 10.4. The summed E-state index contributed by atoms with van der Waals surface area (Å²) in [5, 5.41) is 0. The SMILES string of the molecule is CCOC(=O)C1=C(C)N=c2s/c(=C\c3cc(Br)ccc3OCc3ccc(F)cc3)c(=O)n2[C@H]1c1ccc(OCC(=O)OC)c(OCC)c1. The zero-order valence-corrected chi connectivity index (χ0v) is 29.0. The van der Waals surface area contributed by atoms with Gasteiger partial charge in [-0.2, -0.15) is 0 Å². The van der Waals surface area contributed by atoms with Gasteiger partial charge in [0.05, 0.1) is 42.2 Å². The fourth-order valence-corrected chi connectivity index (χ4v) is 6.45. The molecule has 13 heteroatoms. The van der Waals surface area contributed by atoms with Crippen molar-refractivity contribution in [3.8, 4) is 17.2 Å². The minimum absolute atomic E-state index is 0.126. The molecule has 0 radical (unpaired) electrons. The van der Waals surface area contributed by atoms with Crippen LogP contribution in [-0.2, 0) is 25.7 Å². The highest BCUT2D eigenvalue weighted by Gasteiger charge is 2.34. The molecule has 48 heavy (non-hydrogen) atoms. The minimum Gasteiger partial charge on any atom is -0.490 e. The normalized spacial score (nSPS) is 14.2. The Kier molecular flexibility index (Phi) is 11.1. The number of carbonyl (C=O) groups excluding carboxylic acids is 2. The van der Waals surface area contributed by atoms with E-state index in [1.165, 1.54) is 35.1 Å². The number of methoxy groups -OCH3 is 1. The molecule has 0 spiro atoms. The molecule has 1 atom stereocenters. The molecule has 3 aromatic carbocycles. The highest BCUT2D eigenvalue weighted by atomic mass is 79.9. The number of thiazole rings is 1. The summed E-state index contributed by atoms with van der Waals surface area (Å²) in [5.74, 6) is -0.389. The van der Waals surface area contributed by atoms with Crippen molar-refractivity contribution < 1.29 is 37.7 Å². The van der Waals surface area contributed by atoms with E-state index in [0.717, 1.165) is 10.0 Å². The van der Waals surface area contributed by atoms with Gasteiger partial charge in [0.1, 0.15) is 18.2 Å². The van der Waals surface area contributed by atoms with E-state index in [1.54, 1.807) is 63.2 Å². The van der Waals surface area contributed by atoms with Gasteiger partial charge in [0.25, 0.3) is 5.56 Å². The third kappa shape index (κ3) is 7.69. The van der Waals surface area contributed by atoms with Crippen molar-refractivity contribution in [2.45, 2.75) is 33.4 Å². The predicted octanol–water partition coefficient (Wildman–Crippen LogP) is 5.23. The van der Waals surface area contributed by atoms with Gasteiger partial charge in [-0.25, -0.2) is 19.0 Å². The molecular formula is C35H32BrFN2O8S. The molecule has 0 N–H and O–H groups in total. The molecule has 0 saturated carbocycles. The number of esters is 2. The number of hydrogen-bond donors (Lipinski definition) is 0. The van der Waals surface area contributed by atoms with Crippen molar-refractivity contribution in [3.63, 3.8) is 0 Å². The summed E-state index contributed by atoms with van der Waals surface area (Å²) >= 11 is 4.67. The van der Waals surface area contributed by atoms with Crippen LogP contribution in [0.2, 0.25) is 0 Å². The molecule has 1 aliphatic rings. The molecule has 0 aliphatic carbocycles. The molecule has 10 nitrogen and oxygen atoms in total. The third-order valence-corrected chi connectivity index (χ3v) is 8.72. The Morgan fingerprint density at radius 1 is 0.979 bits per heavy atom. The van der Waals surface area contributed by atoms with Crippen LogP contribution in [0.25, 0.3) is 6.08 Å². The quantitative estimate of drug-likeness (QED) is 0.182. The van der Waals surface area contributed by atoms with Gasteiger partial charge in [0.2, 0.25) is 0 Å². The van der Waals surface area contributed by atoms with Crippen LogP contribution < -0.4 is 29.1 Å². The van der Waals surface area contributed by atoms with E-state index in [1.807, 2.05) is 12.1 Å². The van der Waals surface area contributed by atoms with E-state index in [0.29, 0.717) is 50.0 Å². The van der Waals surface area contributed by atoms with E-state index < -0.39 is 18.0 Å². The maximum absolute atomic E-state index is 14.2.